The molecule has 2 aromatic rings. The van der Waals surface area contributed by atoms with E-state index >= 15 is 0 Å². The molecule has 1 amide bonds. The molecule has 0 aliphatic carbocycles. The van der Waals surface area contributed by atoms with E-state index < -0.39 is 11.7 Å². The summed E-state index contributed by atoms with van der Waals surface area (Å²) in [5.41, 5.74) is 0.775. The van der Waals surface area contributed by atoms with E-state index in [1.807, 2.05) is 0 Å². The van der Waals surface area contributed by atoms with Crippen molar-refractivity contribution < 1.29 is 18.8 Å². The smallest absolute Gasteiger partial charge is 0.265 e. The number of carbonyl (C=O) groups is 1. The van der Waals surface area contributed by atoms with Crippen LogP contribution >= 0.6 is 11.6 Å². The van der Waals surface area contributed by atoms with Gasteiger partial charge in [0.1, 0.15) is 11.6 Å². The van der Waals surface area contributed by atoms with Crippen LogP contribution in [-0.2, 0) is 9.63 Å². The SMILES string of the molecule is COc1ccc(NC(=O)CO/N=C\c2ccccc2F)cc1Cl. The van der Waals surface area contributed by atoms with Gasteiger partial charge in [0.15, 0.2) is 6.61 Å². The lowest BCUT2D eigenvalue weighted by atomic mass is 10.2. The molecule has 0 fully saturated rings. The zero-order valence-corrected chi connectivity index (χ0v) is 13.0. The minimum absolute atomic E-state index is 0.273. The Morgan fingerprint density at radius 2 is 2.13 bits per heavy atom. The maximum atomic E-state index is 13.3. The predicted octanol–water partition coefficient (Wildman–Crippen LogP) is 3.48. The van der Waals surface area contributed by atoms with Gasteiger partial charge in [-0.25, -0.2) is 4.39 Å². The van der Waals surface area contributed by atoms with E-state index in [9.17, 15) is 9.18 Å². The number of nitrogens with one attached hydrogen (secondary N) is 1. The number of halogens is 2. The third kappa shape index (κ3) is 4.96. The van der Waals surface area contributed by atoms with Gasteiger partial charge in [-0.3, -0.25) is 4.79 Å². The van der Waals surface area contributed by atoms with E-state index in [1.165, 1.54) is 19.4 Å². The predicted molar refractivity (Wildman–Crippen MR) is 86.6 cm³/mol. The standard InChI is InChI=1S/C16H14ClFN2O3/c1-22-15-7-6-12(8-13(15)17)20-16(21)10-23-19-9-11-4-2-3-5-14(11)18/h2-9H,10H2,1H3,(H,20,21)/b19-9-. The molecule has 0 atom stereocenters. The summed E-state index contributed by atoms with van der Waals surface area (Å²) >= 11 is 5.96. The van der Waals surface area contributed by atoms with Crippen molar-refractivity contribution in [3.05, 3.63) is 58.9 Å². The zero-order chi connectivity index (χ0) is 16.7. The molecule has 0 aromatic heterocycles. The van der Waals surface area contributed by atoms with Gasteiger partial charge < -0.3 is 14.9 Å². The number of ether oxygens (including phenoxy) is 1. The fraction of sp³-hybridized carbons (Fsp3) is 0.125. The summed E-state index contributed by atoms with van der Waals surface area (Å²) in [7, 11) is 1.50. The lowest BCUT2D eigenvalue weighted by molar-refractivity contribution is -0.120. The normalized spacial score (nSPS) is 10.6. The Bertz CT molecular complexity index is 722. The Kier molecular flexibility index (Phi) is 5.94. The molecule has 0 unspecified atom stereocenters. The van der Waals surface area contributed by atoms with Crippen LogP contribution in [0.1, 0.15) is 5.56 Å². The second-order valence-corrected chi connectivity index (χ2v) is 4.83. The highest BCUT2D eigenvalue weighted by Gasteiger charge is 2.06. The third-order valence-corrected chi connectivity index (χ3v) is 3.10. The van der Waals surface area contributed by atoms with Gasteiger partial charge in [0, 0.05) is 11.3 Å². The number of rotatable bonds is 6. The number of hydrogen-bond donors (Lipinski definition) is 1. The first-order valence-corrected chi connectivity index (χ1v) is 7.01. The van der Waals surface area contributed by atoms with Crippen LogP contribution < -0.4 is 10.1 Å². The van der Waals surface area contributed by atoms with Crippen molar-refractivity contribution in [1.29, 1.82) is 0 Å². The lowest BCUT2D eigenvalue weighted by Gasteiger charge is -2.07. The highest BCUT2D eigenvalue weighted by atomic mass is 35.5. The Labute approximate surface area is 137 Å². The lowest BCUT2D eigenvalue weighted by Crippen LogP contribution is -2.17. The van der Waals surface area contributed by atoms with Crippen molar-refractivity contribution in [2.24, 2.45) is 5.16 Å². The van der Waals surface area contributed by atoms with Crippen molar-refractivity contribution in [3.63, 3.8) is 0 Å². The van der Waals surface area contributed by atoms with Gasteiger partial charge >= 0.3 is 0 Å². The summed E-state index contributed by atoms with van der Waals surface area (Å²) in [5.74, 6) is -0.329. The Hall–Kier alpha value is -2.60. The molecule has 0 heterocycles. The van der Waals surface area contributed by atoms with Gasteiger partial charge in [0.2, 0.25) is 0 Å². The molecule has 1 N–H and O–H groups in total. The molecule has 120 valence electrons. The summed E-state index contributed by atoms with van der Waals surface area (Å²) in [5, 5.41) is 6.53. The zero-order valence-electron chi connectivity index (χ0n) is 12.3. The summed E-state index contributed by atoms with van der Waals surface area (Å²) in [6.07, 6.45) is 1.20. The molecule has 0 saturated carbocycles. The van der Waals surface area contributed by atoms with Crippen LogP contribution in [0.3, 0.4) is 0 Å². The van der Waals surface area contributed by atoms with Gasteiger partial charge in [-0.05, 0) is 24.3 Å². The van der Waals surface area contributed by atoms with Crippen molar-refractivity contribution in [2.75, 3.05) is 19.0 Å². The second kappa shape index (κ2) is 8.14. The number of hydrogen-bond acceptors (Lipinski definition) is 4. The fourth-order valence-corrected chi connectivity index (χ4v) is 1.97. The molecule has 23 heavy (non-hydrogen) atoms. The first kappa shape index (κ1) is 16.8. The number of oxime groups is 1. The molecule has 2 rings (SSSR count). The molecule has 0 radical (unpaired) electrons. The molecule has 0 aliphatic heterocycles. The minimum atomic E-state index is -0.420. The van der Waals surface area contributed by atoms with E-state index in [4.69, 9.17) is 21.2 Å². The van der Waals surface area contributed by atoms with E-state index in [0.717, 1.165) is 0 Å². The molecular formula is C16H14ClFN2O3. The molecule has 5 nitrogen and oxygen atoms in total. The average Bonchev–Trinajstić information content (AvgIpc) is 2.53. The Balaban J connectivity index is 1.83. The van der Waals surface area contributed by atoms with Crippen LogP contribution in [0.25, 0.3) is 0 Å². The number of methoxy groups -OCH3 is 1. The number of benzene rings is 2. The highest BCUT2D eigenvalue weighted by molar-refractivity contribution is 6.32. The maximum Gasteiger partial charge on any atom is 0.265 e. The number of carbonyl (C=O) groups excluding carboxylic acids is 1. The Morgan fingerprint density at radius 3 is 2.83 bits per heavy atom. The molecule has 7 heteroatoms. The second-order valence-electron chi connectivity index (χ2n) is 4.43. The van der Waals surface area contributed by atoms with E-state index in [2.05, 4.69) is 10.5 Å². The van der Waals surface area contributed by atoms with Gasteiger partial charge in [-0.15, -0.1) is 0 Å². The van der Waals surface area contributed by atoms with Crippen LogP contribution in [0.15, 0.2) is 47.6 Å². The summed E-state index contributed by atoms with van der Waals surface area (Å²) in [6.45, 7) is -0.311. The van der Waals surface area contributed by atoms with Crippen LogP contribution in [0, 0.1) is 5.82 Å². The maximum absolute atomic E-state index is 13.3. The van der Waals surface area contributed by atoms with Crippen molar-refractivity contribution in [1.82, 2.24) is 0 Å². The van der Waals surface area contributed by atoms with Crippen molar-refractivity contribution in [3.8, 4) is 5.75 Å². The van der Waals surface area contributed by atoms with Gasteiger partial charge in [-0.1, -0.05) is 35.0 Å². The van der Waals surface area contributed by atoms with Gasteiger partial charge in [0.25, 0.3) is 5.91 Å². The quantitative estimate of drug-likeness (QED) is 0.649. The van der Waals surface area contributed by atoms with Crippen molar-refractivity contribution in [2.45, 2.75) is 0 Å². The molecule has 0 aliphatic rings. The van der Waals surface area contributed by atoms with Crippen LogP contribution in [0.4, 0.5) is 10.1 Å². The third-order valence-electron chi connectivity index (χ3n) is 2.80. The van der Waals surface area contributed by atoms with Crippen LogP contribution in [-0.4, -0.2) is 25.8 Å². The van der Waals surface area contributed by atoms with Gasteiger partial charge in [-0.2, -0.15) is 0 Å². The topological polar surface area (TPSA) is 59.9 Å². The first-order valence-electron chi connectivity index (χ1n) is 6.63. The van der Waals surface area contributed by atoms with E-state index in [-0.39, 0.29) is 12.2 Å². The van der Waals surface area contributed by atoms with Crippen LogP contribution in [0.2, 0.25) is 5.02 Å². The minimum Gasteiger partial charge on any atom is -0.495 e. The monoisotopic (exact) mass is 336 g/mol. The summed E-state index contributed by atoms with van der Waals surface area (Å²) in [4.78, 5) is 16.5. The number of amides is 1. The molecule has 0 spiro atoms. The van der Waals surface area contributed by atoms with Crippen LogP contribution in [0.5, 0.6) is 5.75 Å². The van der Waals surface area contributed by atoms with Crippen molar-refractivity contribution >= 4 is 29.4 Å². The van der Waals surface area contributed by atoms with E-state index in [0.29, 0.717) is 16.5 Å². The molecule has 0 bridgehead atoms. The van der Waals surface area contributed by atoms with E-state index in [1.54, 1.807) is 36.4 Å². The largest absolute Gasteiger partial charge is 0.495 e. The molecular weight excluding hydrogens is 323 g/mol. The first-order chi connectivity index (χ1) is 11.1. The Morgan fingerprint density at radius 1 is 1.35 bits per heavy atom. The average molecular weight is 337 g/mol. The summed E-state index contributed by atoms with van der Waals surface area (Å²) in [6, 6.07) is 10.9. The van der Waals surface area contributed by atoms with Gasteiger partial charge in [0.05, 0.1) is 18.3 Å². The highest BCUT2D eigenvalue weighted by Crippen LogP contribution is 2.27. The molecule has 0 saturated heterocycles. The fourth-order valence-electron chi connectivity index (χ4n) is 1.71. The molecule has 2 aromatic carbocycles. The number of anilines is 1. The number of nitrogens with zero attached hydrogens (tertiary/aromatic N) is 1. The summed E-state index contributed by atoms with van der Waals surface area (Å²) < 4.78 is 18.3.